The Morgan fingerprint density at radius 3 is 2.62 bits per heavy atom. The van der Waals surface area contributed by atoms with E-state index in [-0.39, 0.29) is 23.8 Å². The second-order valence-electron chi connectivity index (χ2n) is 8.41. The number of carbonyl (C=O) groups excluding carboxylic acids is 1. The van der Waals surface area contributed by atoms with Crippen LogP contribution in [-0.4, -0.2) is 32.2 Å². The zero-order chi connectivity index (χ0) is 19.3. The van der Waals surface area contributed by atoms with Crippen molar-refractivity contribution >= 4 is 27.0 Å². The number of Topliss-reactive ketones (excluding diaryl/α,β-unsaturated/α-hetero) is 1. The highest BCUT2D eigenvalue weighted by Gasteiger charge is 2.45. The number of hydrogen-bond donors (Lipinski definition) is 1. The van der Waals surface area contributed by atoms with Gasteiger partial charge in [-0.25, -0.2) is 4.39 Å². The predicted octanol–water partition coefficient (Wildman–Crippen LogP) is 2.82. The summed E-state index contributed by atoms with van der Waals surface area (Å²) in [6.45, 7) is 5.24. The summed E-state index contributed by atoms with van der Waals surface area (Å²) < 4.78 is 26.9. The minimum Gasteiger partial charge on any atom is -0.386 e. The molecule has 1 aromatic carbocycles. The highest BCUT2D eigenvalue weighted by Crippen LogP contribution is 2.38. The lowest BCUT2D eigenvalue weighted by molar-refractivity contribution is -0.118. The van der Waals surface area contributed by atoms with Gasteiger partial charge in [0.05, 0.1) is 10.3 Å². The van der Waals surface area contributed by atoms with Gasteiger partial charge in [0.15, 0.2) is 0 Å². The number of nitrogens with two attached hydrogens (primary N) is 1. The van der Waals surface area contributed by atoms with E-state index in [9.17, 15) is 13.4 Å². The van der Waals surface area contributed by atoms with Crippen LogP contribution in [0.4, 0.5) is 4.39 Å². The number of nitrogens with zero attached hydrogens (tertiary/aromatic N) is 1. The van der Waals surface area contributed by atoms with Gasteiger partial charge in [-0.15, -0.1) is 0 Å². The lowest BCUT2D eigenvalue weighted by Gasteiger charge is -2.41. The number of rotatable bonds is 5. The zero-order valence-electron chi connectivity index (χ0n) is 15.7. The average molecular weight is 379 g/mol. The molecular weight excluding hydrogens is 351 g/mol. The van der Waals surface area contributed by atoms with Gasteiger partial charge in [0.1, 0.15) is 17.4 Å². The number of hydrogen-bond acceptors (Lipinski definition) is 4. The van der Waals surface area contributed by atoms with E-state index in [1.165, 1.54) is 6.07 Å². The fraction of sp³-hybridized carbons (Fsp3) is 0.550. The Morgan fingerprint density at radius 2 is 2.04 bits per heavy atom. The number of benzene rings is 1. The van der Waals surface area contributed by atoms with Gasteiger partial charge in [-0.2, -0.15) is 0 Å². The molecule has 2 atom stereocenters. The third-order valence-electron chi connectivity index (χ3n) is 5.65. The number of carbonyl (C=O) groups is 1. The van der Waals surface area contributed by atoms with Crippen molar-refractivity contribution in [3.63, 3.8) is 0 Å². The van der Waals surface area contributed by atoms with Crippen LogP contribution in [0.25, 0.3) is 0 Å². The molecule has 0 aromatic heterocycles. The van der Waals surface area contributed by atoms with E-state index in [2.05, 4.69) is 10.9 Å². The third-order valence-corrected chi connectivity index (χ3v) is 8.75. The van der Waals surface area contributed by atoms with Gasteiger partial charge in [-0.3, -0.25) is 14.0 Å². The van der Waals surface area contributed by atoms with E-state index in [0.29, 0.717) is 17.9 Å². The maximum atomic E-state index is 14.6. The van der Waals surface area contributed by atoms with Crippen molar-refractivity contribution in [1.29, 1.82) is 0 Å². The summed E-state index contributed by atoms with van der Waals surface area (Å²) in [6, 6.07) is 4.66. The van der Waals surface area contributed by atoms with E-state index in [4.69, 9.17) is 5.73 Å². The summed E-state index contributed by atoms with van der Waals surface area (Å²) in [7, 11) is -2.62. The maximum absolute atomic E-state index is 14.6. The lowest BCUT2D eigenvalue weighted by atomic mass is 9.90. The molecule has 1 aromatic rings. The van der Waals surface area contributed by atoms with Gasteiger partial charge in [-0.05, 0) is 72.6 Å². The molecule has 1 heterocycles. The first kappa shape index (κ1) is 19.1. The minimum absolute atomic E-state index is 0.115. The molecule has 1 fully saturated rings. The second-order valence-corrected chi connectivity index (χ2v) is 11.3. The van der Waals surface area contributed by atoms with Crippen molar-refractivity contribution in [3.8, 4) is 0 Å². The molecule has 1 aliphatic heterocycles. The molecule has 1 unspecified atom stereocenters. The molecule has 0 saturated heterocycles. The standard InChI is InChI=1S/C20H27FN2O2S/c1-19(2)18(22)23-20(3,12-26(19,4)25)16-11-14(7-8-17(16)21)10-15(24)9-13-5-6-13/h7-8,11,13H,4-6,9-10,12H2,1-3H3,(H2,22,23)/t20-,26?/m0/s1. The van der Waals surface area contributed by atoms with E-state index in [0.717, 1.165) is 18.4 Å². The molecule has 0 amide bonds. The van der Waals surface area contributed by atoms with E-state index >= 15 is 0 Å². The third kappa shape index (κ3) is 3.43. The van der Waals surface area contributed by atoms with Crippen molar-refractivity contribution in [2.75, 3.05) is 5.75 Å². The Morgan fingerprint density at radius 1 is 1.38 bits per heavy atom. The van der Waals surface area contributed by atoms with Crippen LogP contribution in [0.5, 0.6) is 0 Å². The van der Waals surface area contributed by atoms with E-state index < -0.39 is 25.6 Å². The van der Waals surface area contributed by atoms with E-state index in [1.807, 2.05) is 0 Å². The van der Waals surface area contributed by atoms with Crippen molar-refractivity contribution in [3.05, 3.63) is 35.1 Å². The molecule has 26 heavy (non-hydrogen) atoms. The Bertz CT molecular complexity index is 885. The molecule has 4 nitrogen and oxygen atoms in total. The monoisotopic (exact) mass is 378 g/mol. The molecule has 1 saturated carbocycles. The van der Waals surface area contributed by atoms with E-state index in [1.54, 1.807) is 32.9 Å². The summed E-state index contributed by atoms with van der Waals surface area (Å²) >= 11 is 0. The molecule has 2 N–H and O–H groups in total. The van der Waals surface area contributed by atoms with Crippen LogP contribution in [0.15, 0.2) is 23.2 Å². The fourth-order valence-electron chi connectivity index (χ4n) is 3.43. The topological polar surface area (TPSA) is 72.5 Å². The van der Waals surface area contributed by atoms with Crippen molar-refractivity contribution in [2.45, 2.75) is 56.7 Å². The number of aliphatic imine (C=N–C) groups is 1. The zero-order valence-corrected chi connectivity index (χ0v) is 16.5. The number of amidine groups is 1. The largest absolute Gasteiger partial charge is 0.386 e. The van der Waals surface area contributed by atoms with Crippen LogP contribution in [0, 0.1) is 11.7 Å². The fourth-order valence-corrected chi connectivity index (χ4v) is 5.35. The highest BCUT2D eigenvalue weighted by atomic mass is 32.2. The molecule has 0 spiro atoms. The van der Waals surface area contributed by atoms with Gasteiger partial charge >= 0.3 is 0 Å². The first-order valence-electron chi connectivity index (χ1n) is 8.95. The molecule has 142 valence electrons. The van der Waals surface area contributed by atoms with Crippen LogP contribution in [-0.2, 0) is 26.3 Å². The first-order valence-corrected chi connectivity index (χ1v) is 10.9. The SMILES string of the molecule is C=S1(=O)C[C@@](C)(c2cc(CC(=O)CC3CC3)ccc2F)N=C(N)C1(C)C. The lowest BCUT2D eigenvalue weighted by Crippen LogP contribution is -2.54. The molecule has 0 radical (unpaired) electrons. The predicted molar refractivity (Wildman–Crippen MR) is 106 cm³/mol. The molecular formula is C20H27FN2O2S. The van der Waals surface area contributed by atoms with Crippen molar-refractivity contribution < 1.29 is 13.4 Å². The van der Waals surface area contributed by atoms with Gasteiger partial charge in [-0.1, -0.05) is 6.07 Å². The molecule has 3 rings (SSSR count). The summed E-state index contributed by atoms with van der Waals surface area (Å²) in [5, 5.41) is 0. The highest BCUT2D eigenvalue weighted by molar-refractivity contribution is 8.02. The van der Waals surface area contributed by atoms with Crippen molar-refractivity contribution in [2.24, 2.45) is 16.6 Å². The van der Waals surface area contributed by atoms with Gasteiger partial charge in [0, 0.05) is 24.2 Å². The Kier molecular flexibility index (Phi) is 4.54. The minimum atomic E-state index is -2.62. The molecule has 2 aliphatic rings. The van der Waals surface area contributed by atoms with Crippen LogP contribution in [0.1, 0.15) is 51.2 Å². The molecule has 6 heteroatoms. The average Bonchev–Trinajstić information content (AvgIpc) is 3.30. The van der Waals surface area contributed by atoms with Gasteiger partial charge in [0.25, 0.3) is 0 Å². The summed E-state index contributed by atoms with van der Waals surface area (Å²) in [4.78, 5) is 16.7. The number of halogens is 1. The Hall–Kier alpha value is -1.69. The van der Waals surface area contributed by atoms with Crippen LogP contribution in [0.3, 0.4) is 0 Å². The van der Waals surface area contributed by atoms with Crippen LogP contribution in [0.2, 0.25) is 0 Å². The molecule has 0 bridgehead atoms. The normalized spacial score (nSPS) is 30.7. The second kappa shape index (κ2) is 6.19. The van der Waals surface area contributed by atoms with Gasteiger partial charge in [0.2, 0.25) is 0 Å². The van der Waals surface area contributed by atoms with Crippen LogP contribution < -0.4 is 5.73 Å². The smallest absolute Gasteiger partial charge is 0.137 e. The summed E-state index contributed by atoms with van der Waals surface area (Å²) in [6.07, 6.45) is 3.13. The summed E-state index contributed by atoms with van der Waals surface area (Å²) in [5.41, 5.74) is 6.10. The number of ketones is 1. The Balaban J connectivity index is 1.96. The summed E-state index contributed by atoms with van der Waals surface area (Å²) in [5.74, 6) is 4.49. The maximum Gasteiger partial charge on any atom is 0.137 e. The van der Waals surface area contributed by atoms with Crippen LogP contribution >= 0.6 is 0 Å². The quantitative estimate of drug-likeness (QED) is 0.801. The van der Waals surface area contributed by atoms with Crippen molar-refractivity contribution in [1.82, 2.24) is 0 Å². The first-order chi connectivity index (χ1) is 11.9. The Labute approximate surface area is 155 Å². The molecule has 1 aliphatic carbocycles. The van der Waals surface area contributed by atoms with Gasteiger partial charge < -0.3 is 5.73 Å².